The van der Waals surface area contributed by atoms with Gasteiger partial charge in [0.1, 0.15) is 0 Å². The first-order chi connectivity index (χ1) is 8.55. The zero-order valence-electron chi connectivity index (χ0n) is 10.8. The van der Waals surface area contributed by atoms with Gasteiger partial charge in [0.25, 0.3) is 0 Å². The van der Waals surface area contributed by atoms with Gasteiger partial charge in [0.2, 0.25) is 0 Å². The molecule has 0 spiro atoms. The van der Waals surface area contributed by atoms with Crippen LogP contribution in [0.15, 0.2) is 0 Å². The molecule has 3 unspecified atom stereocenters. The molecule has 3 atom stereocenters. The Balaban J connectivity index is 2.56. The Kier molecular flexibility index (Phi) is 4.89. The van der Waals surface area contributed by atoms with Gasteiger partial charge >= 0.3 is 21.3 Å². The first-order valence-corrected chi connectivity index (χ1v) is 7.51. The molecule has 0 aromatic heterocycles. The van der Waals surface area contributed by atoms with Crippen LogP contribution in [-0.2, 0) is 19.6 Å². The fraction of sp³-hybridized carbons (Fsp3) is 0.909. The van der Waals surface area contributed by atoms with Gasteiger partial charge in [-0.15, -0.1) is 0 Å². The smallest absolute Gasteiger partial charge is 0.460 e. The van der Waals surface area contributed by atoms with Crippen LogP contribution in [0.1, 0.15) is 33.1 Å². The summed E-state index contributed by atoms with van der Waals surface area (Å²) in [7, 11) is -5.78. The van der Waals surface area contributed by atoms with Gasteiger partial charge in [-0.25, -0.2) is 4.79 Å². The van der Waals surface area contributed by atoms with E-state index in [1.165, 1.54) is 0 Å². The van der Waals surface area contributed by atoms with Crippen LogP contribution in [0.25, 0.3) is 0 Å². The molecule has 1 fully saturated rings. The van der Waals surface area contributed by atoms with Gasteiger partial charge in [-0.05, 0) is 30.6 Å². The molecule has 0 amide bonds. The van der Waals surface area contributed by atoms with Crippen molar-refractivity contribution >= 4 is 16.1 Å². The Morgan fingerprint density at radius 3 is 2.42 bits per heavy atom. The molecule has 1 saturated carbocycles. The Morgan fingerprint density at radius 1 is 1.37 bits per heavy atom. The topological polar surface area (TPSA) is 80.7 Å². The minimum absolute atomic E-state index is 0.0580. The van der Waals surface area contributed by atoms with Crippen LogP contribution in [0.4, 0.5) is 8.78 Å². The lowest BCUT2D eigenvalue weighted by atomic mass is 9.76. The van der Waals surface area contributed by atoms with Crippen LogP contribution in [0.2, 0.25) is 0 Å². The van der Waals surface area contributed by atoms with E-state index in [0.717, 1.165) is 19.3 Å². The predicted octanol–water partition coefficient (Wildman–Crippen LogP) is 2.08. The normalized spacial score (nSPS) is 29.0. The average Bonchev–Trinajstić information content (AvgIpc) is 2.25. The predicted molar refractivity (Wildman–Crippen MR) is 63.1 cm³/mol. The number of alkyl halides is 2. The van der Waals surface area contributed by atoms with Crippen molar-refractivity contribution in [1.29, 1.82) is 0 Å². The molecule has 0 bridgehead atoms. The highest BCUT2D eigenvalue weighted by molar-refractivity contribution is 7.87. The molecule has 0 aromatic rings. The number of ether oxygens (including phenoxy) is 1. The van der Waals surface area contributed by atoms with Crippen molar-refractivity contribution in [3.05, 3.63) is 0 Å². The number of rotatable bonds is 4. The van der Waals surface area contributed by atoms with E-state index in [2.05, 4.69) is 11.7 Å². The highest BCUT2D eigenvalue weighted by atomic mass is 32.2. The lowest BCUT2D eigenvalue weighted by molar-refractivity contribution is -0.163. The quantitative estimate of drug-likeness (QED) is 0.635. The molecule has 1 aliphatic carbocycles. The lowest BCUT2D eigenvalue weighted by Gasteiger charge is -2.32. The van der Waals surface area contributed by atoms with Gasteiger partial charge in [-0.2, -0.15) is 17.2 Å². The molecule has 0 aromatic carbocycles. The monoisotopic (exact) mass is 300 g/mol. The molecule has 1 rings (SSSR count). The van der Waals surface area contributed by atoms with Crippen LogP contribution in [0, 0.1) is 17.8 Å². The highest BCUT2D eigenvalue weighted by Crippen LogP contribution is 2.34. The van der Waals surface area contributed by atoms with Gasteiger partial charge in [0.05, 0.1) is 6.61 Å². The number of halogens is 2. The molecule has 5 nitrogen and oxygen atoms in total. The maximum atomic E-state index is 12.9. The zero-order chi connectivity index (χ0) is 14.8. The van der Waals surface area contributed by atoms with Crippen molar-refractivity contribution in [2.24, 2.45) is 17.8 Å². The number of carbonyl (C=O) groups excluding carboxylic acids is 1. The van der Waals surface area contributed by atoms with Crippen molar-refractivity contribution in [2.45, 2.75) is 38.4 Å². The minimum atomic E-state index is -5.78. The SMILES string of the molecule is CC1CCC(COC(=O)C(F)(F)S(=O)(=O)O)C(C)C1. The van der Waals surface area contributed by atoms with E-state index >= 15 is 0 Å². The van der Waals surface area contributed by atoms with Gasteiger partial charge in [0, 0.05) is 0 Å². The van der Waals surface area contributed by atoms with Crippen LogP contribution in [-0.4, -0.2) is 30.8 Å². The van der Waals surface area contributed by atoms with Crippen molar-refractivity contribution in [3.63, 3.8) is 0 Å². The molecule has 1 aliphatic rings. The fourth-order valence-electron chi connectivity index (χ4n) is 2.35. The average molecular weight is 300 g/mol. The van der Waals surface area contributed by atoms with E-state index in [1.54, 1.807) is 0 Å². The highest BCUT2D eigenvalue weighted by Gasteiger charge is 2.54. The van der Waals surface area contributed by atoms with Gasteiger partial charge in [-0.3, -0.25) is 4.55 Å². The van der Waals surface area contributed by atoms with Crippen LogP contribution < -0.4 is 0 Å². The number of hydrogen-bond acceptors (Lipinski definition) is 4. The molecule has 1 N–H and O–H groups in total. The number of hydrogen-bond donors (Lipinski definition) is 1. The second-order valence-electron chi connectivity index (χ2n) is 5.25. The maximum absolute atomic E-state index is 12.9. The summed E-state index contributed by atoms with van der Waals surface area (Å²) in [6.45, 7) is 3.78. The molecule has 0 heterocycles. The minimum Gasteiger partial charge on any atom is -0.460 e. The summed E-state index contributed by atoms with van der Waals surface area (Å²) in [5, 5.41) is -4.90. The van der Waals surface area contributed by atoms with Crippen molar-refractivity contribution < 1.29 is 31.3 Å². The van der Waals surface area contributed by atoms with E-state index in [4.69, 9.17) is 4.55 Å². The summed E-state index contributed by atoms with van der Waals surface area (Å²) < 4.78 is 59.2. The van der Waals surface area contributed by atoms with Crippen LogP contribution >= 0.6 is 0 Å². The fourth-order valence-corrected chi connectivity index (χ4v) is 2.62. The third kappa shape index (κ3) is 3.85. The summed E-state index contributed by atoms with van der Waals surface area (Å²) in [5.41, 5.74) is 0. The standard InChI is InChI=1S/C11H18F2O5S/c1-7-3-4-9(8(2)5-7)6-18-10(14)11(12,13)19(15,16)17/h7-9H,3-6H2,1-2H3,(H,15,16,17). The van der Waals surface area contributed by atoms with Gasteiger partial charge < -0.3 is 4.74 Å². The van der Waals surface area contributed by atoms with Gasteiger partial charge in [-0.1, -0.05) is 20.3 Å². The van der Waals surface area contributed by atoms with Crippen LogP contribution in [0.3, 0.4) is 0 Å². The molecule has 112 valence electrons. The Bertz CT molecular complexity index is 434. The second kappa shape index (κ2) is 5.70. The summed E-state index contributed by atoms with van der Waals surface area (Å²) in [5.74, 6) is -1.52. The molecule has 0 radical (unpaired) electrons. The van der Waals surface area contributed by atoms with E-state index < -0.39 is 21.3 Å². The van der Waals surface area contributed by atoms with E-state index in [1.807, 2.05) is 6.92 Å². The van der Waals surface area contributed by atoms with Crippen molar-refractivity contribution in [3.8, 4) is 0 Å². The molecular formula is C11H18F2O5S. The van der Waals surface area contributed by atoms with E-state index in [0.29, 0.717) is 5.92 Å². The second-order valence-corrected chi connectivity index (χ2v) is 6.71. The Labute approximate surface area is 111 Å². The van der Waals surface area contributed by atoms with Gasteiger partial charge in [0.15, 0.2) is 0 Å². The third-order valence-corrected chi connectivity index (χ3v) is 4.41. The third-order valence-electron chi connectivity index (χ3n) is 3.60. The summed E-state index contributed by atoms with van der Waals surface area (Å²) in [4.78, 5) is 11.0. The first kappa shape index (κ1) is 16.3. The Morgan fingerprint density at radius 2 is 1.95 bits per heavy atom. The molecule has 19 heavy (non-hydrogen) atoms. The number of esters is 1. The first-order valence-electron chi connectivity index (χ1n) is 6.07. The molecule has 8 heteroatoms. The number of carbonyl (C=O) groups is 1. The van der Waals surface area contributed by atoms with Crippen molar-refractivity contribution in [1.82, 2.24) is 0 Å². The lowest BCUT2D eigenvalue weighted by Crippen LogP contribution is -2.40. The van der Waals surface area contributed by atoms with Crippen molar-refractivity contribution in [2.75, 3.05) is 6.61 Å². The molecular weight excluding hydrogens is 282 g/mol. The van der Waals surface area contributed by atoms with E-state index in [-0.39, 0.29) is 18.4 Å². The largest absolute Gasteiger partial charge is 0.465 e. The summed E-state index contributed by atoms with van der Waals surface area (Å²) in [6, 6.07) is 0. The molecule has 0 saturated heterocycles. The maximum Gasteiger partial charge on any atom is 0.465 e. The van der Waals surface area contributed by atoms with Crippen LogP contribution in [0.5, 0.6) is 0 Å². The molecule has 0 aliphatic heterocycles. The summed E-state index contributed by atoms with van der Waals surface area (Å²) in [6.07, 6.45) is 2.57. The Hall–Kier alpha value is -0.760. The van der Waals surface area contributed by atoms with E-state index in [9.17, 15) is 22.0 Å². The zero-order valence-corrected chi connectivity index (χ0v) is 11.6. The summed E-state index contributed by atoms with van der Waals surface area (Å²) >= 11 is 0.